The Balaban J connectivity index is 2.49. The van der Waals surface area contributed by atoms with Gasteiger partial charge in [0.2, 0.25) is 0 Å². The Hall–Kier alpha value is -1.70. The first-order valence-corrected chi connectivity index (χ1v) is 7.23. The van der Waals surface area contributed by atoms with Crippen molar-refractivity contribution in [3.8, 4) is 0 Å². The molecule has 0 saturated carbocycles. The maximum atomic E-state index is 13.7. The van der Waals surface area contributed by atoms with Crippen molar-refractivity contribution in [1.82, 2.24) is 5.32 Å². The van der Waals surface area contributed by atoms with Crippen LogP contribution in [0.3, 0.4) is 0 Å². The summed E-state index contributed by atoms with van der Waals surface area (Å²) in [5.41, 5.74) is 1.14. The first-order chi connectivity index (χ1) is 10.9. The minimum Gasteiger partial charge on any atom is -0.379 e. The van der Waals surface area contributed by atoms with E-state index in [1.807, 2.05) is 5.32 Å². The van der Waals surface area contributed by atoms with Crippen molar-refractivity contribution >= 4 is 11.8 Å². The molecule has 1 rings (SSSR count). The second-order valence-electron chi connectivity index (χ2n) is 5.74. The van der Waals surface area contributed by atoms with E-state index >= 15 is 0 Å². The van der Waals surface area contributed by atoms with Crippen LogP contribution in [0.5, 0.6) is 0 Å². The molecule has 1 aromatic carbocycles. The van der Waals surface area contributed by atoms with E-state index < -0.39 is 43.8 Å². The summed E-state index contributed by atoms with van der Waals surface area (Å²) < 4.78 is 79.4. The van der Waals surface area contributed by atoms with Gasteiger partial charge < -0.3 is 10.6 Å². The van der Waals surface area contributed by atoms with Crippen LogP contribution in [0, 0.1) is 0 Å². The average Bonchev–Trinajstić information content (AvgIpc) is 2.43. The van der Waals surface area contributed by atoms with Gasteiger partial charge in [-0.3, -0.25) is 0 Å². The van der Waals surface area contributed by atoms with E-state index in [0.29, 0.717) is 12.6 Å². The SMILES string of the molecule is C=Cc1ccc(NCC(F)(F)CC(F)(F)CNCC(C)(F)F)cc1. The van der Waals surface area contributed by atoms with Gasteiger partial charge in [-0.2, -0.15) is 0 Å². The molecule has 0 amide bonds. The fourth-order valence-corrected chi connectivity index (χ4v) is 1.94. The van der Waals surface area contributed by atoms with E-state index in [4.69, 9.17) is 0 Å². The summed E-state index contributed by atoms with van der Waals surface area (Å²) in [6, 6.07) is 6.32. The molecule has 2 N–H and O–H groups in total. The molecular weight excluding hydrogens is 334 g/mol. The van der Waals surface area contributed by atoms with Gasteiger partial charge in [0.05, 0.1) is 26.1 Å². The Bertz CT molecular complexity index is 522. The first kappa shape index (κ1) is 20.3. The van der Waals surface area contributed by atoms with Gasteiger partial charge in [-0.25, -0.2) is 26.3 Å². The van der Waals surface area contributed by atoms with Crippen LogP contribution in [0.25, 0.3) is 6.08 Å². The third-order valence-corrected chi connectivity index (χ3v) is 3.03. The fourth-order valence-electron chi connectivity index (χ4n) is 1.94. The topological polar surface area (TPSA) is 24.1 Å². The molecule has 0 aliphatic rings. The zero-order valence-electron chi connectivity index (χ0n) is 13.2. The van der Waals surface area contributed by atoms with Gasteiger partial charge >= 0.3 is 0 Å². The summed E-state index contributed by atoms with van der Waals surface area (Å²) in [6.07, 6.45) is -0.161. The Morgan fingerprint density at radius 1 is 0.917 bits per heavy atom. The summed E-state index contributed by atoms with van der Waals surface area (Å²) >= 11 is 0. The molecule has 1 aromatic rings. The minimum absolute atomic E-state index is 0.354. The van der Waals surface area contributed by atoms with Crippen molar-refractivity contribution in [2.24, 2.45) is 0 Å². The molecule has 24 heavy (non-hydrogen) atoms. The summed E-state index contributed by atoms with van der Waals surface area (Å²) in [4.78, 5) is 0. The summed E-state index contributed by atoms with van der Waals surface area (Å²) in [6.45, 7) is 0.879. The van der Waals surface area contributed by atoms with E-state index in [0.717, 1.165) is 5.56 Å². The fraction of sp³-hybridized carbons (Fsp3) is 0.500. The summed E-state index contributed by atoms with van der Waals surface area (Å²) in [5.74, 6) is -10.7. The number of nitrogens with one attached hydrogen (secondary N) is 2. The molecule has 0 heterocycles. The molecule has 0 bridgehead atoms. The highest BCUT2D eigenvalue weighted by atomic mass is 19.3. The summed E-state index contributed by atoms with van der Waals surface area (Å²) in [7, 11) is 0. The second kappa shape index (κ2) is 7.92. The monoisotopic (exact) mass is 354 g/mol. The van der Waals surface area contributed by atoms with Crippen LogP contribution in [0.15, 0.2) is 30.8 Å². The van der Waals surface area contributed by atoms with Crippen LogP contribution < -0.4 is 10.6 Å². The molecule has 0 spiro atoms. The van der Waals surface area contributed by atoms with Gasteiger partial charge in [-0.1, -0.05) is 24.8 Å². The van der Waals surface area contributed by atoms with E-state index in [1.54, 1.807) is 18.2 Å². The number of hydrogen-bond acceptors (Lipinski definition) is 2. The quantitative estimate of drug-likeness (QED) is 0.598. The maximum Gasteiger partial charge on any atom is 0.270 e. The number of halogens is 6. The molecular formula is C16H20F6N2. The number of anilines is 1. The minimum atomic E-state index is -3.80. The van der Waals surface area contributed by atoms with Crippen LogP contribution in [-0.2, 0) is 0 Å². The predicted molar refractivity (Wildman–Crippen MR) is 83.0 cm³/mol. The zero-order valence-corrected chi connectivity index (χ0v) is 13.2. The van der Waals surface area contributed by atoms with Gasteiger partial charge in [0.15, 0.2) is 0 Å². The number of alkyl halides is 6. The van der Waals surface area contributed by atoms with Crippen LogP contribution in [0.1, 0.15) is 18.9 Å². The third-order valence-electron chi connectivity index (χ3n) is 3.03. The van der Waals surface area contributed by atoms with Crippen molar-refractivity contribution in [1.29, 1.82) is 0 Å². The number of benzene rings is 1. The van der Waals surface area contributed by atoms with Gasteiger partial charge in [0, 0.05) is 12.6 Å². The van der Waals surface area contributed by atoms with Crippen molar-refractivity contribution < 1.29 is 26.3 Å². The van der Waals surface area contributed by atoms with Crippen molar-refractivity contribution in [3.05, 3.63) is 36.4 Å². The number of rotatable bonds is 10. The normalized spacial score (nSPS) is 13.0. The lowest BCUT2D eigenvalue weighted by atomic mass is 10.1. The molecule has 136 valence electrons. The predicted octanol–water partition coefficient (Wildman–Crippen LogP) is 4.65. The lowest BCUT2D eigenvalue weighted by molar-refractivity contribution is -0.103. The Labute approximate surface area is 136 Å². The first-order valence-electron chi connectivity index (χ1n) is 7.23. The summed E-state index contributed by atoms with van der Waals surface area (Å²) in [5, 5.41) is 4.19. The largest absolute Gasteiger partial charge is 0.379 e. The molecule has 0 aliphatic carbocycles. The lowest BCUT2D eigenvalue weighted by Gasteiger charge is -2.24. The van der Waals surface area contributed by atoms with Crippen LogP contribution in [-0.4, -0.2) is 37.4 Å². The second-order valence-corrected chi connectivity index (χ2v) is 5.74. The molecule has 0 atom stereocenters. The van der Waals surface area contributed by atoms with Crippen molar-refractivity contribution in [2.75, 3.05) is 25.0 Å². The molecule has 0 saturated heterocycles. The van der Waals surface area contributed by atoms with Gasteiger partial charge in [0.1, 0.15) is 0 Å². The lowest BCUT2D eigenvalue weighted by Crippen LogP contribution is -2.43. The smallest absolute Gasteiger partial charge is 0.270 e. The highest BCUT2D eigenvalue weighted by molar-refractivity contribution is 5.53. The zero-order chi connectivity index (χ0) is 18.4. The molecule has 0 aromatic heterocycles. The molecule has 0 aliphatic heterocycles. The highest BCUT2D eigenvalue weighted by Crippen LogP contribution is 2.30. The average molecular weight is 354 g/mol. The Morgan fingerprint density at radius 3 is 1.96 bits per heavy atom. The third kappa shape index (κ3) is 8.24. The molecule has 0 fully saturated rings. The van der Waals surface area contributed by atoms with E-state index in [-0.39, 0.29) is 0 Å². The van der Waals surface area contributed by atoms with Crippen LogP contribution in [0.4, 0.5) is 32.0 Å². The van der Waals surface area contributed by atoms with E-state index in [1.165, 1.54) is 12.1 Å². The van der Waals surface area contributed by atoms with E-state index in [9.17, 15) is 26.3 Å². The van der Waals surface area contributed by atoms with Crippen molar-refractivity contribution in [3.63, 3.8) is 0 Å². The van der Waals surface area contributed by atoms with E-state index in [2.05, 4.69) is 11.9 Å². The highest BCUT2D eigenvalue weighted by Gasteiger charge is 2.43. The Kier molecular flexibility index (Phi) is 6.71. The van der Waals surface area contributed by atoms with Gasteiger partial charge in [0.25, 0.3) is 17.8 Å². The molecule has 8 heteroatoms. The Morgan fingerprint density at radius 2 is 1.46 bits per heavy atom. The molecule has 0 unspecified atom stereocenters. The van der Waals surface area contributed by atoms with Crippen LogP contribution in [0.2, 0.25) is 0 Å². The molecule has 2 nitrogen and oxygen atoms in total. The van der Waals surface area contributed by atoms with Gasteiger partial charge in [-0.15, -0.1) is 0 Å². The standard InChI is InChI=1S/C16H20F6N2/c1-3-12-4-6-13(7-5-12)24-11-16(21,22)8-15(19,20)10-23-9-14(2,17)18/h3-7,23-24H,1,8-11H2,2H3. The maximum absolute atomic E-state index is 13.7. The van der Waals surface area contributed by atoms with Crippen molar-refractivity contribution in [2.45, 2.75) is 31.1 Å². The number of hydrogen-bond donors (Lipinski definition) is 2. The molecule has 0 radical (unpaired) electrons. The van der Waals surface area contributed by atoms with Gasteiger partial charge in [-0.05, 0) is 17.7 Å². The van der Waals surface area contributed by atoms with Crippen LogP contribution >= 0.6 is 0 Å².